The van der Waals surface area contributed by atoms with Crippen molar-refractivity contribution in [1.82, 2.24) is 0 Å². The predicted molar refractivity (Wildman–Crippen MR) is 184 cm³/mol. The van der Waals surface area contributed by atoms with Crippen molar-refractivity contribution >= 4 is 3.21 Å². The summed E-state index contributed by atoms with van der Waals surface area (Å²) >= 11 is 1.51. The van der Waals surface area contributed by atoms with Crippen molar-refractivity contribution < 1.29 is 49.0 Å². The van der Waals surface area contributed by atoms with Gasteiger partial charge in [-0.15, -0.1) is 11.1 Å². The van der Waals surface area contributed by atoms with Crippen LogP contribution in [0.15, 0.2) is 103 Å². The molecule has 45 heavy (non-hydrogen) atoms. The second kappa shape index (κ2) is 16.4. The number of hydrogen-bond donors (Lipinski definition) is 0. The van der Waals surface area contributed by atoms with Gasteiger partial charge in [-0.1, -0.05) is 115 Å². The molecule has 0 aliphatic heterocycles. The average molecular weight is 713 g/mol. The molecule has 0 radical (unpaired) electrons. The van der Waals surface area contributed by atoms with E-state index in [0.29, 0.717) is 0 Å². The van der Waals surface area contributed by atoms with Crippen molar-refractivity contribution in [2.75, 3.05) is 0 Å². The minimum absolute atomic E-state index is 0. The van der Waals surface area contributed by atoms with Crippen molar-refractivity contribution in [1.29, 1.82) is 0 Å². The van der Waals surface area contributed by atoms with Gasteiger partial charge in [-0.3, -0.25) is 0 Å². The van der Waals surface area contributed by atoms with Crippen LogP contribution in [0.2, 0.25) is 0 Å². The van der Waals surface area contributed by atoms with Gasteiger partial charge in [-0.05, 0) is 28.4 Å². The molecule has 0 nitrogen and oxygen atoms in total. The Balaban J connectivity index is 0.000000252. The van der Waals surface area contributed by atoms with Crippen LogP contribution in [0.3, 0.4) is 0 Å². The zero-order chi connectivity index (χ0) is 31.4. The van der Waals surface area contributed by atoms with Gasteiger partial charge in [-0.2, -0.15) is 46.5 Å². The van der Waals surface area contributed by atoms with Crippen LogP contribution in [0, 0.1) is 19.9 Å². The molecule has 0 atom stereocenters. The Labute approximate surface area is 300 Å². The Morgan fingerprint density at radius 3 is 1.76 bits per heavy atom. The molecule has 5 aromatic rings. The molecule has 3 heteroatoms. The minimum atomic E-state index is 0. The van der Waals surface area contributed by atoms with Crippen molar-refractivity contribution in [2.45, 2.75) is 79.6 Å². The van der Waals surface area contributed by atoms with E-state index in [-0.39, 0.29) is 35.6 Å². The normalized spacial score (nSPS) is 11.4. The third-order valence-electron chi connectivity index (χ3n) is 8.00. The Morgan fingerprint density at radius 1 is 0.689 bits per heavy atom. The Hall–Kier alpha value is -2.44. The van der Waals surface area contributed by atoms with E-state index in [1.54, 1.807) is 0 Å². The summed E-state index contributed by atoms with van der Waals surface area (Å²) in [6.45, 7) is 20.1. The third-order valence-corrected chi connectivity index (χ3v) is 8.71. The maximum atomic E-state index is 3.67. The Kier molecular flexibility index (Phi) is 14.1. The SMILES string of the molecule is CC(C)(C)c1[c-]c2c(cc1)-c1ccc(C(C)(C)C)cc1C2.C[C](=[Zr+2])c1ccccc1.Cc1cc(-c2ccccc2)c(C)[cH-]1.[Cl-].[Cl-]. The summed E-state index contributed by atoms with van der Waals surface area (Å²) in [5.74, 6) is 0. The number of rotatable bonds is 2. The van der Waals surface area contributed by atoms with E-state index in [4.69, 9.17) is 0 Å². The molecule has 6 rings (SSSR count). The van der Waals surface area contributed by atoms with Crippen LogP contribution in [-0.2, 0) is 41.5 Å². The van der Waals surface area contributed by atoms with Crippen LogP contribution < -0.4 is 24.8 Å². The molecule has 0 aromatic heterocycles. The molecule has 0 N–H and O–H groups in total. The van der Waals surface area contributed by atoms with Crippen molar-refractivity contribution in [3.8, 4) is 22.3 Å². The maximum absolute atomic E-state index is 3.67. The summed E-state index contributed by atoms with van der Waals surface area (Å²) < 4.78 is 1.46. The molecular formula is C42H46Cl2Zr-2. The first-order valence-electron chi connectivity index (χ1n) is 15.3. The first kappa shape index (κ1) is 38.7. The van der Waals surface area contributed by atoms with Crippen LogP contribution in [0.25, 0.3) is 22.3 Å². The summed E-state index contributed by atoms with van der Waals surface area (Å²) in [6, 6.07) is 40.6. The van der Waals surface area contributed by atoms with Gasteiger partial charge >= 0.3 is 70.3 Å². The largest absolute Gasteiger partial charge is 1.00 e. The molecule has 0 spiro atoms. The second-order valence-corrected chi connectivity index (χ2v) is 15.6. The summed E-state index contributed by atoms with van der Waals surface area (Å²) in [4.78, 5) is 0. The van der Waals surface area contributed by atoms with E-state index in [0.717, 1.165) is 6.42 Å². The predicted octanol–water partition coefficient (Wildman–Crippen LogP) is 5.12. The fourth-order valence-electron chi connectivity index (χ4n) is 5.45. The van der Waals surface area contributed by atoms with Gasteiger partial charge in [0, 0.05) is 0 Å². The number of benzene rings is 4. The molecule has 234 valence electrons. The topological polar surface area (TPSA) is 0 Å². The van der Waals surface area contributed by atoms with Gasteiger partial charge in [0.15, 0.2) is 0 Å². The molecule has 1 aliphatic carbocycles. The van der Waals surface area contributed by atoms with E-state index in [1.165, 1.54) is 88.6 Å². The van der Waals surface area contributed by atoms with Gasteiger partial charge in [0.25, 0.3) is 0 Å². The van der Waals surface area contributed by atoms with E-state index in [1.807, 2.05) is 6.07 Å². The summed E-state index contributed by atoms with van der Waals surface area (Å²) in [5, 5.41) is 0. The van der Waals surface area contributed by atoms with E-state index in [2.05, 4.69) is 165 Å². The quantitative estimate of drug-likeness (QED) is 0.219. The molecule has 1 aliphatic rings. The van der Waals surface area contributed by atoms with Gasteiger partial charge < -0.3 is 24.8 Å². The number of fused-ring (bicyclic) bond motifs is 3. The first-order valence-corrected chi connectivity index (χ1v) is 16.6. The van der Waals surface area contributed by atoms with Crippen molar-refractivity contribution in [3.63, 3.8) is 0 Å². The van der Waals surface area contributed by atoms with Crippen LogP contribution in [0.4, 0.5) is 0 Å². The zero-order valence-corrected chi connectivity index (χ0v) is 32.2. The fourth-order valence-corrected chi connectivity index (χ4v) is 5.86. The van der Waals surface area contributed by atoms with Gasteiger partial charge in [-0.25, -0.2) is 6.07 Å². The van der Waals surface area contributed by atoms with Gasteiger partial charge in [0.2, 0.25) is 0 Å². The zero-order valence-electron chi connectivity index (χ0n) is 28.3. The standard InChI is InChI=1S/C21H25.C13H13.C8H8.2ClH.Zr/c1-20(2,3)16-7-9-18-14(12-16)11-15-13-17(21(4,5)6)8-10-19(15)18;1-10-8-11(2)13(9-10)12-6-4-3-5-7-12;1-2-8-6-4-3-5-7-8;;;/h7-10,12H,11H2,1-6H3;3-9H,1-2H3;3-7H,1H3;2*1H;/q2*-1;;;;+2/p-2. The summed E-state index contributed by atoms with van der Waals surface area (Å²) in [7, 11) is 0. The van der Waals surface area contributed by atoms with Crippen LogP contribution >= 0.6 is 0 Å². The summed E-state index contributed by atoms with van der Waals surface area (Å²) in [6.07, 6.45) is 1.03. The van der Waals surface area contributed by atoms with Crippen molar-refractivity contribution in [2.24, 2.45) is 0 Å². The van der Waals surface area contributed by atoms with Gasteiger partial charge in [0.1, 0.15) is 0 Å². The number of hydrogen-bond acceptors (Lipinski definition) is 0. The molecule has 0 amide bonds. The monoisotopic (exact) mass is 710 g/mol. The van der Waals surface area contributed by atoms with Gasteiger partial charge in [0.05, 0.1) is 0 Å². The third kappa shape index (κ3) is 10.3. The Morgan fingerprint density at radius 2 is 1.27 bits per heavy atom. The summed E-state index contributed by atoms with van der Waals surface area (Å²) in [5.41, 5.74) is 15.5. The number of aryl methyl sites for hydroxylation is 2. The van der Waals surface area contributed by atoms with Crippen LogP contribution in [-0.4, -0.2) is 3.21 Å². The first-order chi connectivity index (χ1) is 20.2. The molecular weight excluding hydrogens is 667 g/mol. The fraction of sp³-hybridized carbons (Fsp3) is 0.286. The second-order valence-electron chi connectivity index (χ2n) is 13.8. The molecule has 5 aromatic carbocycles. The molecule has 0 unspecified atom stereocenters. The van der Waals surface area contributed by atoms with E-state index >= 15 is 0 Å². The maximum Gasteiger partial charge on any atom is -0.0623 e. The minimum Gasteiger partial charge on any atom is -1.00 e. The Bertz CT molecular complexity index is 1620. The molecule has 0 bridgehead atoms. The van der Waals surface area contributed by atoms with Crippen molar-refractivity contribution in [3.05, 3.63) is 148 Å². The number of halogens is 2. The van der Waals surface area contributed by atoms with Crippen LogP contribution in [0.5, 0.6) is 0 Å². The molecule has 0 saturated carbocycles. The van der Waals surface area contributed by atoms with Crippen LogP contribution in [0.1, 0.15) is 87.4 Å². The van der Waals surface area contributed by atoms with E-state index < -0.39 is 0 Å². The van der Waals surface area contributed by atoms with E-state index in [9.17, 15) is 0 Å². The molecule has 0 heterocycles. The molecule has 0 saturated heterocycles. The average Bonchev–Trinajstić information content (AvgIpc) is 3.51. The molecule has 0 fully saturated rings. The smallest absolute Gasteiger partial charge is 0.0623 e.